The third-order valence-electron chi connectivity index (χ3n) is 1.07. The molecule has 0 aliphatic carbocycles. The van der Waals surface area contributed by atoms with E-state index in [1.807, 2.05) is 0 Å². The summed E-state index contributed by atoms with van der Waals surface area (Å²) in [5.74, 6) is 0. The van der Waals surface area contributed by atoms with Gasteiger partial charge in [0.1, 0.15) is 0 Å². The Balaban J connectivity index is 2.61. The monoisotopic (exact) mass is 240 g/mol. The molecular formula is C4H5N2O6PS. The van der Waals surface area contributed by atoms with Gasteiger partial charge in [0, 0.05) is 0 Å². The smallest absolute Gasteiger partial charge is 0.357 e. The van der Waals surface area contributed by atoms with Gasteiger partial charge in [-0.05, 0) is 21.2 Å². The topological polar surface area (TPSA) is 123 Å². The maximum absolute atomic E-state index is 10.3. The summed E-state index contributed by atoms with van der Waals surface area (Å²) in [5, 5.41) is 9.84. The second-order valence-corrected chi connectivity index (χ2v) is 4.46. The molecule has 0 radical (unpaired) electrons. The highest BCUT2D eigenvalue weighted by Crippen LogP contribution is 2.37. The minimum atomic E-state index is -4.54. The quantitative estimate of drug-likeness (QED) is 0.450. The van der Waals surface area contributed by atoms with Crippen molar-refractivity contribution in [2.75, 3.05) is 0 Å². The normalized spacial score (nSPS) is 11.6. The number of thiazole rings is 1. The Morgan fingerprint density at radius 3 is 2.79 bits per heavy atom. The van der Waals surface area contributed by atoms with Crippen LogP contribution in [0, 0.1) is 10.1 Å². The number of hydrogen-bond donors (Lipinski definition) is 2. The van der Waals surface area contributed by atoms with Gasteiger partial charge in [-0.25, -0.2) is 4.57 Å². The van der Waals surface area contributed by atoms with E-state index >= 15 is 0 Å². The summed E-state index contributed by atoms with van der Waals surface area (Å²) in [5.41, 5.74) is 0. The average molecular weight is 240 g/mol. The van der Waals surface area contributed by atoms with E-state index in [-0.39, 0.29) is 10.0 Å². The van der Waals surface area contributed by atoms with Crippen molar-refractivity contribution in [3.05, 3.63) is 21.2 Å². The van der Waals surface area contributed by atoms with Gasteiger partial charge in [-0.3, -0.25) is 4.52 Å². The second kappa shape index (κ2) is 4.11. The van der Waals surface area contributed by atoms with Gasteiger partial charge in [-0.1, -0.05) is 0 Å². The zero-order valence-electron chi connectivity index (χ0n) is 6.56. The van der Waals surface area contributed by atoms with Crippen molar-refractivity contribution in [3.8, 4) is 0 Å². The first-order chi connectivity index (χ1) is 6.38. The summed E-state index contributed by atoms with van der Waals surface area (Å²) in [6, 6.07) is 0. The van der Waals surface area contributed by atoms with Crippen LogP contribution in [0.5, 0.6) is 0 Å². The minimum Gasteiger partial charge on any atom is -0.357 e. The molecule has 0 aromatic carbocycles. The molecule has 0 saturated heterocycles. The van der Waals surface area contributed by atoms with Gasteiger partial charge in [0.2, 0.25) is 0 Å². The molecule has 14 heavy (non-hydrogen) atoms. The molecule has 1 heterocycles. The Morgan fingerprint density at radius 1 is 1.71 bits per heavy atom. The van der Waals surface area contributed by atoms with Gasteiger partial charge < -0.3 is 19.9 Å². The number of nitrogens with zero attached hydrogens (tertiary/aromatic N) is 2. The number of aromatic nitrogens is 1. The largest absolute Gasteiger partial charge is 0.469 e. The molecule has 0 spiro atoms. The van der Waals surface area contributed by atoms with Gasteiger partial charge in [-0.15, -0.1) is 0 Å². The maximum atomic E-state index is 10.3. The Bertz CT molecular complexity index is 385. The van der Waals surface area contributed by atoms with Crippen LogP contribution < -0.4 is 0 Å². The molecule has 0 aliphatic rings. The number of hydrogen-bond acceptors (Lipinski definition) is 6. The summed E-state index contributed by atoms with van der Waals surface area (Å²) in [6.45, 7) is -0.393. The Morgan fingerprint density at radius 2 is 2.36 bits per heavy atom. The highest BCUT2D eigenvalue weighted by atomic mass is 32.1. The van der Waals surface area contributed by atoms with Crippen LogP contribution >= 0.6 is 19.2 Å². The molecule has 10 heteroatoms. The summed E-state index contributed by atoms with van der Waals surface area (Å²) in [4.78, 5) is 29.8. The first kappa shape index (κ1) is 11.2. The van der Waals surface area contributed by atoms with E-state index in [4.69, 9.17) is 9.79 Å². The number of phosphoric acid groups is 1. The van der Waals surface area contributed by atoms with Gasteiger partial charge in [0.25, 0.3) is 0 Å². The van der Waals surface area contributed by atoms with Gasteiger partial charge in [0.05, 0.1) is 11.5 Å². The summed E-state index contributed by atoms with van der Waals surface area (Å²) in [7, 11) is -4.54. The van der Waals surface area contributed by atoms with E-state index in [1.165, 1.54) is 0 Å². The predicted molar refractivity (Wildman–Crippen MR) is 45.6 cm³/mol. The molecular weight excluding hydrogens is 235 g/mol. The van der Waals surface area contributed by atoms with Crippen LogP contribution in [0.25, 0.3) is 0 Å². The molecule has 1 rings (SSSR count). The van der Waals surface area contributed by atoms with Crippen LogP contribution in [-0.4, -0.2) is 19.7 Å². The SMILES string of the molecule is O=[N+]([O-])c1ncc(COP(=O)(O)O)s1. The minimum absolute atomic E-state index is 0.278. The highest BCUT2D eigenvalue weighted by molar-refractivity contribution is 7.46. The standard InChI is InChI=1S/C4H5N2O6PS/c7-6(8)4-5-1-3(14-4)2-12-13(9,10)11/h1H,2H2,(H2,9,10,11). The fourth-order valence-corrected chi connectivity index (χ4v) is 1.63. The lowest BCUT2D eigenvalue weighted by Gasteiger charge is -2.00. The van der Waals surface area contributed by atoms with Crippen LogP contribution in [0.3, 0.4) is 0 Å². The van der Waals surface area contributed by atoms with Crippen molar-refractivity contribution in [2.45, 2.75) is 6.61 Å². The van der Waals surface area contributed by atoms with Crippen molar-refractivity contribution in [2.24, 2.45) is 0 Å². The van der Waals surface area contributed by atoms with Crippen LogP contribution in [0.15, 0.2) is 6.20 Å². The maximum Gasteiger partial charge on any atom is 0.469 e. The fourth-order valence-electron chi connectivity index (χ4n) is 0.596. The Kier molecular flexibility index (Phi) is 3.29. The van der Waals surface area contributed by atoms with E-state index < -0.39 is 19.4 Å². The molecule has 0 bridgehead atoms. The number of rotatable bonds is 4. The molecule has 0 unspecified atom stereocenters. The van der Waals surface area contributed by atoms with Crippen LogP contribution in [-0.2, 0) is 15.7 Å². The van der Waals surface area contributed by atoms with Gasteiger partial charge in [0.15, 0.2) is 6.20 Å². The van der Waals surface area contributed by atoms with E-state index in [0.29, 0.717) is 11.3 Å². The van der Waals surface area contributed by atoms with Crippen LogP contribution in [0.1, 0.15) is 4.88 Å². The van der Waals surface area contributed by atoms with Gasteiger partial charge >= 0.3 is 13.0 Å². The van der Waals surface area contributed by atoms with E-state index in [1.54, 1.807) is 0 Å². The summed E-state index contributed by atoms with van der Waals surface area (Å²) < 4.78 is 14.4. The van der Waals surface area contributed by atoms with Crippen LogP contribution in [0.2, 0.25) is 0 Å². The lowest BCUT2D eigenvalue weighted by Crippen LogP contribution is -1.87. The average Bonchev–Trinajstić information content (AvgIpc) is 2.47. The predicted octanol–water partition coefficient (Wildman–Crippen LogP) is 0.661. The van der Waals surface area contributed by atoms with E-state index in [9.17, 15) is 14.7 Å². The molecule has 0 amide bonds. The second-order valence-electron chi connectivity index (χ2n) is 2.13. The zero-order chi connectivity index (χ0) is 10.8. The molecule has 0 atom stereocenters. The number of nitro groups is 1. The fraction of sp³-hybridized carbons (Fsp3) is 0.250. The first-order valence-corrected chi connectivity index (χ1v) is 5.52. The first-order valence-electron chi connectivity index (χ1n) is 3.17. The van der Waals surface area contributed by atoms with Crippen LogP contribution in [0.4, 0.5) is 5.13 Å². The van der Waals surface area contributed by atoms with Crippen molar-refractivity contribution < 1.29 is 23.8 Å². The molecule has 78 valence electrons. The molecule has 0 saturated carbocycles. The Hall–Kier alpha value is -0.860. The molecule has 1 aromatic rings. The Labute approximate surface area is 81.6 Å². The van der Waals surface area contributed by atoms with Crippen molar-refractivity contribution in [3.63, 3.8) is 0 Å². The van der Waals surface area contributed by atoms with Gasteiger partial charge in [-0.2, -0.15) is 0 Å². The third-order valence-corrected chi connectivity index (χ3v) is 2.46. The third kappa shape index (κ3) is 3.48. The molecule has 0 fully saturated rings. The number of phosphoric ester groups is 1. The molecule has 2 N–H and O–H groups in total. The van der Waals surface area contributed by atoms with E-state index in [0.717, 1.165) is 6.20 Å². The molecule has 8 nitrogen and oxygen atoms in total. The van der Waals surface area contributed by atoms with Crippen molar-refractivity contribution in [1.82, 2.24) is 4.98 Å². The molecule has 1 aromatic heterocycles. The highest BCUT2D eigenvalue weighted by Gasteiger charge is 2.18. The van der Waals surface area contributed by atoms with E-state index in [2.05, 4.69) is 9.51 Å². The lowest BCUT2D eigenvalue weighted by atomic mass is 10.6. The lowest BCUT2D eigenvalue weighted by molar-refractivity contribution is -0.384. The van der Waals surface area contributed by atoms with Crippen molar-refractivity contribution in [1.29, 1.82) is 0 Å². The molecule has 0 aliphatic heterocycles. The summed E-state index contributed by atoms with van der Waals surface area (Å²) >= 11 is 0.703. The zero-order valence-corrected chi connectivity index (χ0v) is 8.27. The summed E-state index contributed by atoms with van der Waals surface area (Å²) in [6.07, 6.45) is 1.14. The van der Waals surface area contributed by atoms with Crippen molar-refractivity contribution >= 4 is 24.3 Å².